The summed E-state index contributed by atoms with van der Waals surface area (Å²) in [5.74, 6) is -0.676. The van der Waals surface area contributed by atoms with Crippen LogP contribution in [-0.2, 0) is 41.5 Å². The highest BCUT2D eigenvalue weighted by atomic mass is 31.3. The second kappa shape index (κ2) is 75.8. The molecule has 13 atom stereocenters. The molecule has 2 saturated heterocycles. The van der Waals surface area contributed by atoms with E-state index in [9.17, 15) is 49.2 Å². The van der Waals surface area contributed by atoms with E-state index in [1.165, 1.54) is 131 Å². The number of allylic oxidation sites excluding steroid dienone is 40. The lowest BCUT2D eigenvalue weighted by Gasteiger charge is -2.46. The number of halogens is 1. The smallest absolute Gasteiger partial charge is 0.394 e. The second-order valence-electron chi connectivity index (χ2n) is 41.1. The molecule has 0 radical (unpaired) electrons. The van der Waals surface area contributed by atoms with Gasteiger partial charge in [0.15, 0.2) is 12.5 Å². The number of hydrogen-bond acceptors (Lipinski definition) is 14. The van der Waals surface area contributed by atoms with Gasteiger partial charge in [-0.25, -0.2) is 13.5 Å². The molecule has 0 spiro atoms. The molecule has 2 heterocycles. The number of aliphatic hydroxyl groups excluding tert-OH is 5. The van der Waals surface area contributed by atoms with Crippen LogP contribution in [0, 0.1) is 5.92 Å². The molecule has 20 heteroatoms. The Balaban J connectivity index is 1.55. The number of ether oxygens (including phenoxy) is 3. The number of carbonyl (C=O) groups excluding carboxylic acids is 1. The van der Waals surface area contributed by atoms with Crippen molar-refractivity contribution in [1.82, 2.24) is 5.32 Å². The minimum atomic E-state index is -5.66. The highest BCUT2D eigenvalue weighted by Crippen LogP contribution is 2.62. The van der Waals surface area contributed by atoms with Gasteiger partial charge in [0.1, 0.15) is 42.7 Å². The van der Waals surface area contributed by atoms with Gasteiger partial charge in [0.25, 0.3) is 0 Å². The van der Waals surface area contributed by atoms with Gasteiger partial charge in [-0.2, -0.15) is 4.31 Å². The topological polar surface area (TPSA) is 260 Å². The van der Waals surface area contributed by atoms with Crippen LogP contribution < -0.4 is 5.32 Å². The molecule has 0 bridgehead atoms. The average Bonchev–Trinajstić information content (AvgIpc) is 0.776. The maximum Gasteiger partial charge on any atom is 0.483 e. The van der Waals surface area contributed by atoms with E-state index >= 15 is 4.39 Å². The van der Waals surface area contributed by atoms with E-state index in [-0.39, 0.29) is 12.5 Å². The van der Waals surface area contributed by atoms with Crippen molar-refractivity contribution in [2.75, 3.05) is 19.8 Å². The zero-order valence-corrected chi connectivity index (χ0v) is 92.9. The Morgan fingerprint density at radius 2 is 0.540 bits per heavy atom. The normalized spacial score (nSPS) is 22.2. The van der Waals surface area contributed by atoms with Crippen molar-refractivity contribution in [3.63, 3.8) is 0 Å². The Morgan fingerprint density at radius 1 is 0.317 bits per heavy atom. The first-order chi connectivity index (χ1) is 65.9. The van der Waals surface area contributed by atoms with Crippen LogP contribution in [-0.4, -0.2) is 122 Å². The van der Waals surface area contributed by atoms with E-state index in [1.54, 1.807) is 0 Å². The van der Waals surface area contributed by atoms with Crippen molar-refractivity contribution in [3.05, 3.63) is 233 Å². The van der Waals surface area contributed by atoms with Gasteiger partial charge in [0.05, 0.1) is 19.8 Å². The Kier molecular flexibility index (Phi) is 70.5. The number of carbonyl (C=O) groups is 1. The average molecular weight is 1980 g/mol. The lowest BCUT2D eigenvalue weighted by molar-refractivity contribution is -0.332. The molecule has 2 rings (SSSR count). The minimum Gasteiger partial charge on any atom is -0.394 e. The number of phosphoric acid groups is 2. The number of rotatable bonds is 73. The summed E-state index contributed by atoms with van der Waals surface area (Å²) in [5.41, 5.74) is 29.6. The van der Waals surface area contributed by atoms with Crippen molar-refractivity contribution < 1.29 is 81.2 Å². The largest absolute Gasteiger partial charge is 0.483 e. The van der Waals surface area contributed by atoms with E-state index in [1.807, 2.05) is 6.92 Å². The second-order valence-corrected chi connectivity index (χ2v) is 44.1. The van der Waals surface area contributed by atoms with Gasteiger partial charge in [0, 0.05) is 6.92 Å². The van der Waals surface area contributed by atoms with E-state index in [4.69, 9.17) is 23.3 Å². The summed E-state index contributed by atoms with van der Waals surface area (Å²) in [6, 6.07) is -1.51. The summed E-state index contributed by atoms with van der Waals surface area (Å²) < 4.78 is 71.6. The third-order valence-corrected chi connectivity index (χ3v) is 29.1. The van der Waals surface area contributed by atoms with E-state index in [0.717, 1.165) is 244 Å². The Bertz CT molecular complexity index is 4320. The van der Waals surface area contributed by atoms with Gasteiger partial charge in [-0.05, 0) is 415 Å². The summed E-state index contributed by atoms with van der Waals surface area (Å²) in [6.45, 7) is 48.5. The molecule has 0 aliphatic carbocycles. The number of hydrogen-bond donors (Lipinski definition) is 8. The van der Waals surface area contributed by atoms with Crippen LogP contribution in [0.1, 0.15) is 422 Å². The van der Waals surface area contributed by atoms with Gasteiger partial charge in [-0.3, -0.25) is 13.8 Å². The van der Waals surface area contributed by atoms with Crippen molar-refractivity contribution >= 4 is 21.6 Å². The number of amides is 1. The van der Waals surface area contributed by atoms with Crippen LogP contribution in [0.4, 0.5) is 4.39 Å². The molecular weight excluding hydrogens is 1780 g/mol. The molecule has 2 aliphatic rings. The van der Waals surface area contributed by atoms with Crippen molar-refractivity contribution in [2.45, 2.75) is 484 Å². The van der Waals surface area contributed by atoms with Gasteiger partial charge in [0.2, 0.25) is 12.2 Å². The van der Waals surface area contributed by atoms with Gasteiger partial charge in [-0.15, -0.1) is 0 Å². The summed E-state index contributed by atoms with van der Waals surface area (Å²) in [4.78, 5) is 32.5. The molecule has 2 aliphatic heterocycles. The minimum absolute atomic E-state index is 0.0249. The van der Waals surface area contributed by atoms with Crippen LogP contribution in [0.3, 0.4) is 0 Å². The summed E-state index contributed by atoms with van der Waals surface area (Å²) in [5, 5.41) is 53.8. The van der Waals surface area contributed by atoms with Crippen LogP contribution in [0.5, 0.6) is 0 Å². The summed E-state index contributed by atoms with van der Waals surface area (Å²) in [7, 11) is -10.9. The lowest BCUT2D eigenvalue weighted by atomic mass is 9.95. The zero-order valence-electron chi connectivity index (χ0n) is 91.1. The van der Waals surface area contributed by atoms with Crippen LogP contribution >= 0.6 is 15.6 Å². The first kappa shape index (κ1) is 129. The van der Waals surface area contributed by atoms with E-state index in [2.05, 4.69) is 277 Å². The molecule has 17 nitrogen and oxygen atoms in total. The molecule has 139 heavy (non-hydrogen) atoms. The molecule has 0 aromatic carbocycles. The van der Waals surface area contributed by atoms with Gasteiger partial charge >= 0.3 is 15.6 Å². The number of nitrogens with one attached hydrogen (secondary N) is 1. The fraction of sp³-hybridized carbons (Fsp3) is 0.655. The molecule has 2 fully saturated rings. The highest BCUT2D eigenvalue weighted by Gasteiger charge is 2.54. The molecule has 3 unspecified atom stereocenters. The Hall–Kier alpha value is -5.86. The lowest BCUT2D eigenvalue weighted by Crippen LogP contribution is -2.67. The molecule has 790 valence electrons. The molecule has 0 aromatic heterocycles. The monoisotopic (exact) mass is 1980 g/mol. The fourth-order valence-electron chi connectivity index (χ4n) is 16.8. The molecule has 0 aromatic rings. The highest BCUT2D eigenvalue weighted by molar-refractivity contribution is 7.61. The van der Waals surface area contributed by atoms with E-state index < -0.39 is 96.2 Å². The molecule has 0 saturated carbocycles. The van der Waals surface area contributed by atoms with Gasteiger partial charge in [-0.1, -0.05) is 240 Å². The maximum absolute atomic E-state index is 15.6. The Morgan fingerprint density at radius 3 is 0.763 bits per heavy atom. The van der Waals surface area contributed by atoms with Gasteiger partial charge < -0.3 is 54.8 Å². The predicted molar refractivity (Wildman–Crippen MR) is 584 cm³/mol. The number of aliphatic hydroxyl groups is 5. The number of alkyl halides is 1. The molecule has 1 amide bonds. The standard InChI is InChI=1S/C119H196FNO16P2/c1-88(2)44-24-45-89(3)46-25-47-90(4)48-26-49-91(5)50-27-51-92(6)52-28-53-93(7)54-29-55-94(8)56-30-57-95(9)58-31-59-96(10)60-32-61-97(11)62-33-63-98(12)64-34-65-99(13)66-35-67-100(14)68-36-69-101(15)70-37-71-102(16)72-38-73-103(17)74-39-75-104(18)76-40-77-105(19)78-41-79-106(20)80-42-81-107(21)82-43-83-108(22)84-85-132-138(128,129)137-139(130,131)136-118-112(120)115(126)117(111(87-123)134-118)135-119-113(121-109(23)124)116(127)114(125)110(86-122)133-119/h44,46,48,50,52,54,56,58,60,62,64,66,68,70,72,74,76,78,80,82,108,110-119,122-123,125-127H,24-43,45,47,49,51,53,55,57,59,61,63,65,67,69,71,73,75,77,79,81,83-87H2,1-23H3,(H,121,124)(H,128,129)(H,130,131)/b89-46+,90-48+,91-50+,92-52+,93-54+,94-56+,95-58+,96-60+,97-62+,98-64+,99-66+,100-68+,101-70+,102-72+,103-74+,104-76+,105-78+,106-80+,107-82+/t108?,110-,111-,112-,113-,114-,115-,116-,117-,118-,119+/m1/s1. The molecule has 8 N–H and O–H groups in total. The Labute approximate surface area is 845 Å². The first-order valence-electron chi connectivity index (χ1n) is 52.8. The van der Waals surface area contributed by atoms with Crippen LogP contribution in [0.2, 0.25) is 0 Å². The predicted octanol–water partition coefficient (Wildman–Crippen LogP) is 32.6. The first-order valence-corrected chi connectivity index (χ1v) is 55.8. The SMILES string of the molecule is CC(=O)N[C@H]1[C@H](O[C@H]2[C@H](O)[C@@H](F)[C@@H](OP(=O)(O)OP(=O)(O)OCCC(C)CC/C=C(\C)CC/C=C(\C)CC/C=C(\C)CC/C=C(\C)CC/C=C(\C)CC/C=C(\C)CC/C=C(\C)CC/C=C(\C)CC/C=C(\C)CC/C=C(\C)CC/C=C(\C)CC/C=C(\C)CC/C=C(\C)CC/C=C(\C)CC/C=C(\C)CC/C=C(\C)CC/C=C(\C)CC/C=C(\C)CC/C=C(\C)CCC=C(C)C)O[C@@H]2CO)O[C@H](CO)[C@@H](O)[C@@H]1O. The fourth-order valence-corrected chi connectivity index (χ4v) is 19.0. The summed E-state index contributed by atoms with van der Waals surface area (Å²) >= 11 is 0. The third-order valence-electron chi connectivity index (χ3n) is 26.4. The quantitative estimate of drug-likeness (QED) is 0.0208. The maximum atomic E-state index is 15.6. The third kappa shape index (κ3) is 66.0. The van der Waals surface area contributed by atoms with E-state index in [0.29, 0.717) is 6.42 Å². The van der Waals surface area contributed by atoms with Crippen LogP contribution in [0.25, 0.3) is 0 Å². The van der Waals surface area contributed by atoms with Crippen molar-refractivity contribution in [1.29, 1.82) is 0 Å². The number of phosphoric ester groups is 2. The molecular formula is C119H196FNO16P2. The zero-order chi connectivity index (χ0) is 104. The van der Waals surface area contributed by atoms with Crippen molar-refractivity contribution in [3.8, 4) is 0 Å². The van der Waals surface area contributed by atoms with Crippen LogP contribution in [0.15, 0.2) is 233 Å². The van der Waals surface area contributed by atoms with Crippen molar-refractivity contribution in [2.24, 2.45) is 5.92 Å². The summed E-state index contributed by atoms with van der Waals surface area (Å²) in [6.07, 6.45) is 75.0.